The molecule has 0 aromatic heterocycles. The van der Waals surface area contributed by atoms with Gasteiger partial charge >= 0.3 is 35.2 Å². The molecule has 0 rings (SSSR count). The summed E-state index contributed by atoms with van der Waals surface area (Å²) >= 11 is 0. The number of hydrogen-bond donors (Lipinski definition) is 0. The summed E-state index contributed by atoms with van der Waals surface area (Å²) in [5, 5.41) is 0. The van der Waals surface area contributed by atoms with E-state index in [9.17, 15) is 0 Å². The van der Waals surface area contributed by atoms with Crippen LogP contribution in [0.3, 0.4) is 0 Å². The van der Waals surface area contributed by atoms with E-state index in [4.69, 9.17) is 37.0 Å². The molecule has 0 saturated carbocycles. The molecule has 0 aliphatic rings. The van der Waals surface area contributed by atoms with Crippen LogP contribution in [0.5, 0.6) is 0 Å². The van der Waals surface area contributed by atoms with Crippen LogP contribution in [0.4, 0.5) is 0 Å². The van der Waals surface area contributed by atoms with Gasteiger partial charge in [0.05, 0.1) is 0 Å². The molecule has 41 heavy (non-hydrogen) atoms. The van der Waals surface area contributed by atoms with E-state index in [-0.39, 0.29) is 0 Å². The van der Waals surface area contributed by atoms with Gasteiger partial charge in [-0.25, -0.2) is 0 Å². The van der Waals surface area contributed by atoms with Crippen molar-refractivity contribution in [3.05, 3.63) is 0 Å². The van der Waals surface area contributed by atoms with Crippen LogP contribution >= 0.6 is 0 Å². The summed E-state index contributed by atoms with van der Waals surface area (Å²) < 4.78 is 61.7. The first kappa shape index (κ1) is 42.8. The largest absolute Gasteiger partial charge is 0.638 e. The highest BCUT2D eigenvalue weighted by Crippen LogP contribution is 2.34. The van der Waals surface area contributed by atoms with Gasteiger partial charge < -0.3 is 37.0 Å². The second-order valence-electron chi connectivity index (χ2n) is 17.2. The highest BCUT2D eigenvalue weighted by atomic mass is 28.6. The van der Waals surface area contributed by atoms with E-state index in [0.29, 0.717) is 0 Å². The molecule has 0 amide bonds. The van der Waals surface area contributed by atoms with E-state index in [2.05, 4.69) is 118 Å². The lowest BCUT2D eigenvalue weighted by atomic mass is 11.8. The Bertz CT molecular complexity index is 781. The van der Waals surface area contributed by atoms with Crippen molar-refractivity contribution in [3.63, 3.8) is 0 Å². The van der Waals surface area contributed by atoms with Crippen LogP contribution in [-0.2, 0) is 37.0 Å². The van der Waals surface area contributed by atoms with Gasteiger partial charge in [-0.2, -0.15) is 0 Å². The highest BCUT2D eigenvalue weighted by Gasteiger charge is 2.60. The minimum atomic E-state index is -3.62. The predicted molar refractivity (Wildman–Crippen MR) is 196 cm³/mol. The van der Waals surface area contributed by atoms with Crippen molar-refractivity contribution in [2.75, 3.05) is 0 Å². The molecule has 0 saturated heterocycles. The van der Waals surface area contributed by atoms with Crippen molar-refractivity contribution < 1.29 is 37.0 Å². The second kappa shape index (κ2) is 13.9. The lowest BCUT2D eigenvalue weighted by Crippen LogP contribution is -2.69. The topological polar surface area (TPSA) is 83.1 Å². The summed E-state index contributed by atoms with van der Waals surface area (Å²) in [4.78, 5) is 0. The zero-order valence-corrected chi connectivity index (χ0v) is 40.7. The third kappa shape index (κ3) is 21.3. The Morgan fingerprint density at radius 3 is 0.659 bits per heavy atom. The zero-order valence-electron chi connectivity index (χ0n) is 30.7. The maximum absolute atomic E-state index is 7.02. The third-order valence-corrected chi connectivity index (χ3v) is 35.5. The van der Waals surface area contributed by atoms with Crippen LogP contribution < -0.4 is 0 Å². The Labute approximate surface area is 264 Å². The second-order valence-corrected chi connectivity index (χ2v) is 57.2. The van der Waals surface area contributed by atoms with Crippen LogP contribution in [0.15, 0.2) is 0 Å². The van der Waals surface area contributed by atoms with Crippen LogP contribution in [0, 0.1) is 0 Å². The summed E-state index contributed by atoms with van der Waals surface area (Å²) in [6, 6.07) is 0. The molecular weight excluding hydrogens is 689 g/mol. The summed E-state index contributed by atoms with van der Waals surface area (Å²) in [5.41, 5.74) is 0. The normalized spacial score (nSPS) is 17.1. The van der Waals surface area contributed by atoms with Gasteiger partial charge in [-0.15, -0.1) is 0 Å². The molecule has 0 fully saturated rings. The van der Waals surface area contributed by atoms with Crippen molar-refractivity contribution in [2.45, 2.75) is 144 Å². The molecule has 248 valence electrons. The Hall–Kier alpha value is 1.81. The molecule has 0 aromatic rings. The van der Waals surface area contributed by atoms with Crippen LogP contribution in [0.25, 0.3) is 0 Å². The molecule has 0 spiro atoms. The first-order valence-corrected chi connectivity index (χ1v) is 44.0. The van der Waals surface area contributed by atoms with E-state index in [1.165, 1.54) is 0 Å². The van der Waals surface area contributed by atoms with E-state index >= 15 is 0 Å². The van der Waals surface area contributed by atoms with Gasteiger partial charge in [0, 0.05) is 13.1 Å². The Morgan fingerprint density at radius 1 is 0.220 bits per heavy atom. The monoisotopic (exact) mass is 754 g/mol. The van der Waals surface area contributed by atoms with Crippen molar-refractivity contribution in [1.82, 2.24) is 0 Å². The summed E-state index contributed by atoms with van der Waals surface area (Å²) in [6.07, 6.45) is 0. The maximum Gasteiger partial charge on any atom is 0.638 e. The fourth-order valence-electron chi connectivity index (χ4n) is 4.15. The molecule has 0 bridgehead atoms. The fourth-order valence-corrected chi connectivity index (χ4v) is 42.2. The zero-order chi connectivity index (χ0) is 33.4. The lowest BCUT2D eigenvalue weighted by molar-refractivity contribution is 0.122. The average molecular weight is 756 g/mol. The van der Waals surface area contributed by atoms with Crippen LogP contribution in [-0.4, -0.2) is 85.1 Å². The third-order valence-electron chi connectivity index (χ3n) is 3.94. The molecule has 0 aliphatic heterocycles. The molecular formula is C22H66O9Si10. The minimum Gasteiger partial charge on any atom is -0.417 e. The first-order chi connectivity index (χ1) is 17.4. The van der Waals surface area contributed by atoms with Crippen LogP contribution in [0.2, 0.25) is 144 Å². The molecule has 0 radical (unpaired) electrons. The SMILES string of the molecule is C[Si](C)(C)O[Si](C)(O[Si](C)(C)C)O[Si](C)(O[Si](C)(C)C)O[Si](C)(C)O[Si](O[Si](C)(C)C)(O[Si](C)(C)C)O[Si](C)(C)C. The van der Waals surface area contributed by atoms with Gasteiger partial charge in [0.1, 0.15) is 0 Å². The van der Waals surface area contributed by atoms with E-state index in [0.717, 1.165) is 0 Å². The lowest BCUT2D eigenvalue weighted by Gasteiger charge is -2.47. The summed E-state index contributed by atoms with van der Waals surface area (Å²) in [7, 11) is -25.9. The van der Waals surface area contributed by atoms with Gasteiger partial charge in [0.15, 0.2) is 49.9 Å². The van der Waals surface area contributed by atoms with Gasteiger partial charge in [0.25, 0.3) is 0 Å². The van der Waals surface area contributed by atoms with Crippen molar-refractivity contribution in [2.24, 2.45) is 0 Å². The Morgan fingerprint density at radius 2 is 0.439 bits per heavy atom. The van der Waals surface area contributed by atoms with Gasteiger partial charge in [-0.1, -0.05) is 0 Å². The summed E-state index contributed by atoms with van der Waals surface area (Å²) in [6.45, 7) is 46.7. The fraction of sp³-hybridized carbons (Fsp3) is 1.00. The van der Waals surface area contributed by atoms with Crippen molar-refractivity contribution in [3.8, 4) is 0 Å². The minimum absolute atomic E-state index is 1.97. The summed E-state index contributed by atoms with van der Waals surface area (Å²) in [5.74, 6) is 0. The highest BCUT2D eigenvalue weighted by molar-refractivity contribution is 6.94. The smallest absolute Gasteiger partial charge is 0.417 e. The van der Waals surface area contributed by atoms with Crippen molar-refractivity contribution in [1.29, 1.82) is 0 Å². The van der Waals surface area contributed by atoms with Crippen LogP contribution in [0.1, 0.15) is 0 Å². The first-order valence-electron chi connectivity index (χ1n) is 14.7. The van der Waals surface area contributed by atoms with E-state index < -0.39 is 85.1 Å². The maximum atomic E-state index is 7.02. The predicted octanol–water partition coefficient (Wildman–Crippen LogP) is 8.42. The molecule has 0 aliphatic carbocycles. The Kier molecular flexibility index (Phi) is 14.5. The molecule has 0 heterocycles. The molecule has 0 N–H and O–H groups in total. The standard InChI is InChI=1S/C22H66O9Si10/c1-32(2,3)23-39(21,24-33(4,5)6)31-40(22,25-34(7,8)9)29-38(19,20)30-41(26-35(10,11)12,27-36(13,14)15)28-37(16,17)18/h1-22H3. The van der Waals surface area contributed by atoms with E-state index in [1.807, 2.05) is 26.2 Å². The molecule has 19 heteroatoms. The van der Waals surface area contributed by atoms with Gasteiger partial charge in [-0.05, 0) is 131 Å². The Balaban J connectivity index is 6.88. The number of hydrogen-bond acceptors (Lipinski definition) is 9. The molecule has 1 atom stereocenters. The number of rotatable bonds is 18. The quantitative estimate of drug-likeness (QED) is 0.128. The van der Waals surface area contributed by atoms with Crippen molar-refractivity contribution >= 4 is 85.1 Å². The molecule has 9 nitrogen and oxygen atoms in total. The molecule has 1 unspecified atom stereocenters. The molecule has 0 aromatic carbocycles. The van der Waals surface area contributed by atoms with Gasteiger partial charge in [0.2, 0.25) is 0 Å². The van der Waals surface area contributed by atoms with Gasteiger partial charge in [-0.3, -0.25) is 0 Å². The van der Waals surface area contributed by atoms with E-state index in [1.54, 1.807) is 0 Å². The average Bonchev–Trinajstić information content (AvgIpc) is 2.37.